The lowest BCUT2D eigenvalue weighted by atomic mass is 9.82. The number of fused-ring (bicyclic) bond motifs is 1. The second-order valence-corrected chi connectivity index (χ2v) is 9.96. The smallest absolute Gasteiger partial charge is 0.352 e. The van der Waals surface area contributed by atoms with Gasteiger partial charge in [-0.3, -0.25) is 19.3 Å². The molecule has 14 heteroatoms. The number of aryl methyl sites for hydroxylation is 1. The first-order chi connectivity index (χ1) is 18.2. The van der Waals surface area contributed by atoms with Gasteiger partial charge in [0.2, 0.25) is 0 Å². The molecule has 0 radical (unpaired) electrons. The van der Waals surface area contributed by atoms with E-state index in [9.17, 15) is 29.5 Å². The summed E-state index contributed by atoms with van der Waals surface area (Å²) in [5.74, 6) is -2.96. The van der Waals surface area contributed by atoms with Gasteiger partial charge in [-0.15, -0.1) is 11.3 Å². The number of allylic oxidation sites excluding steroid dienone is 2. The van der Waals surface area contributed by atoms with E-state index in [2.05, 4.69) is 15.5 Å². The van der Waals surface area contributed by atoms with E-state index in [0.29, 0.717) is 37.0 Å². The normalized spacial score (nSPS) is 22.6. The number of oxime groups is 1. The number of nitrogens with zero attached hydrogens (tertiary/aromatic N) is 5. The zero-order valence-corrected chi connectivity index (χ0v) is 21.0. The predicted octanol–water partition coefficient (Wildman–Crippen LogP) is -0.0805. The molecule has 3 aliphatic rings. The van der Waals surface area contributed by atoms with Crippen molar-refractivity contribution < 1.29 is 34.1 Å². The number of rotatable bonds is 6. The maximum Gasteiger partial charge on any atom is 0.352 e. The van der Waals surface area contributed by atoms with Gasteiger partial charge >= 0.3 is 5.97 Å². The lowest BCUT2D eigenvalue weighted by Crippen LogP contribution is -2.72. The van der Waals surface area contributed by atoms with Crippen LogP contribution in [0.2, 0.25) is 0 Å². The van der Waals surface area contributed by atoms with Crippen molar-refractivity contribution in [3.8, 4) is 0 Å². The van der Waals surface area contributed by atoms with Gasteiger partial charge in [0, 0.05) is 23.6 Å². The molecule has 0 unspecified atom stereocenters. The number of carboxylic acid groups (broad SMARTS) is 1. The summed E-state index contributed by atoms with van der Waals surface area (Å²) in [5, 5.41) is 26.4. The summed E-state index contributed by atoms with van der Waals surface area (Å²) in [7, 11) is 1.86. The molecule has 0 saturated carbocycles. The molecule has 0 spiro atoms. The van der Waals surface area contributed by atoms with Gasteiger partial charge in [-0.25, -0.2) is 14.3 Å². The van der Waals surface area contributed by atoms with E-state index in [1.807, 2.05) is 36.1 Å². The minimum atomic E-state index is -1.30. The Balaban J connectivity index is 1.35. The molecular formula is C24H24N7O6S+. The fourth-order valence-corrected chi connectivity index (χ4v) is 5.54. The highest BCUT2D eigenvalue weighted by atomic mass is 32.1. The number of anilines is 2. The van der Waals surface area contributed by atoms with Crippen LogP contribution >= 0.6 is 11.3 Å². The highest BCUT2D eigenvalue weighted by molar-refractivity contribution is 7.13. The number of amides is 3. The summed E-state index contributed by atoms with van der Waals surface area (Å²) in [4.78, 5) is 57.7. The number of β-lactam (4-membered cyclic amide) rings is 1. The number of nitrogens with one attached hydrogen (secondary N) is 1. The molecule has 2 aromatic heterocycles. The van der Waals surface area contributed by atoms with Crippen LogP contribution in [-0.2, 0) is 26.2 Å². The third-order valence-corrected chi connectivity index (χ3v) is 7.43. The fourth-order valence-electron chi connectivity index (χ4n) is 4.99. The molecule has 3 aliphatic heterocycles. The number of nitrogen functional groups attached to an aromatic ring is 1. The zero-order valence-electron chi connectivity index (χ0n) is 20.2. The molecule has 0 bridgehead atoms. The Kier molecular flexibility index (Phi) is 6.40. The summed E-state index contributed by atoms with van der Waals surface area (Å²) in [5.41, 5.74) is 6.60. The lowest BCUT2D eigenvalue weighted by molar-refractivity contribution is -0.670. The molecule has 2 saturated heterocycles. The standard InChI is InChI=1S/C24H23N7O6S/c1-29-7-2-3-14(10-29)30-8-6-13(21(30)33)9-12-4-5-16-18(22(34)31(16)19(12)23(35)36)27-20(32)17(28-37)15-11-38-24(25)26-15/h2-3,7,9-11,16,18H,4-6,8H2,1H3,(H4-,25,26,27,32,35,36,37)/p+1/b13-9+/t16-,18+/m1/s1. The summed E-state index contributed by atoms with van der Waals surface area (Å²) in [6.45, 7) is 0.461. The molecule has 2 atom stereocenters. The van der Waals surface area contributed by atoms with Crippen LogP contribution < -0.4 is 20.5 Å². The molecule has 0 aliphatic carbocycles. The van der Waals surface area contributed by atoms with Gasteiger partial charge in [0.05, 0.1) is 6.04 Å². The van der Waals surface area contributed by atoms with Crippen LogP contribution in [0.25, 0.3) is 0 Å². The fraction of sp³-hybridized carbons (Fsp3) is 0.292. The quantitative estimate of drug-likeness (QED) is 0.0983. The number of carbonyl (C=O) groups excluding carboxylic acids is 3. The Labute approximate surface area is 220 Å². The molecule has 5 heterocycles. The molecule has 5 N–H and O–H groups in total. The van der Waals surface area contributed by atoms with Crippen LogP contribution in [0.4, 0.5) is 10.8 Å². The largest absolute Gasteiger partial charge is 0.477 e. The van der Waals surface area contributed by atoms with Gasteiger partial charge in [0.1, 0.15) is 30.2 Å². The van der Waals surface area contributed by atoms with E-state index < -0.39 is 35.6 Å². The van der Waals surface area contributed by atoms with Crippen LogP contribution in [0.15, 0.2) is 58.0 Å². The Bertz CT molecular complexity index is 1460. The first kappa shape index (κ1) is 25.1. The van der Waals surface area contributed by atoms with E-state index in [1.165, 1.54) is 5.38 Å². The number of thiazole rings is 1. The maximum absolute atomic E-state index is 13.1. The van der Waals surface area contributed by atoms with Gasteiger partial charge in [0.25, 0.3) is 17.7 Å². The predicted molar refractivity (Wildman–Crippen MR) is 134 cm³/mol. The minimum absolute atomic E-state index is 0.0549. The summed E-state index contributed by atoms with van der Waals surface area (Å²) < 4.78 is 1.84. The minimum Gasteiger partial charge on any atom is -0.477 e. The zero-order chi connectivity index (χ0) is 27.1. The van der Waals surface area contributed by atoms with E-state index in [1.54, 1.807) is 11.0 Å². The van der Waals surface area contributed by atoms with E-state index >= 15 is 0 Å². The number of aliphatic carboxylic acids is 1. The number of carbonyl (C=O) groups is 4. The Morgan fingerprint density at radius 1 is 1.34 bits per heavy atom. The van der Waals surface area contributed by atoms with E-state index in [-0.39, 0.29) is 22.4 Å². The molecule has 3 amide bonds. The number of carboxylic acids is 1. The lowest BCUT2D eigenvalue weighted by Gasteiger charge is -2.50. The number of hydrogen-bond donors (Lipinski definition) is 4. The number of pyridine rings is 1. The average molecular weight is 539 g/mol. The van der Waals surface area contributed by atoms with Crippen molar-refractivity contribution in [2.75, 3.05) is 17.2 Å². The van der Waals surface area contributed by atoms with Crippen LogP contribution in [-0.4, -0.2) is 68.2 Å². The Hall–Kier alpha value is -4.59. The molecule has 196 valence electrons. The third-order valence-electron chi connectivity index (χ3n) is 6.75. The van der Waals surface area contributed by atoms with Crippen molar-refractivity contribution in [3.05, 3.63) is 58.5 Å². The van der Waals surface area contributed by atoms with Crippen molar-refractivity contribution in [1.29, 1.82) is 0 Å². The highest BCUT2D eigenvalue weighted by Gasteiger charge is 2.53. The summed E-state index contributed by atoms with van der Waals surface area (Å²) >= 11 is 1.05. The number of aromatic nitrogens is 2. The maximum atomic E-state index is 13.1. The second-order valence-electron chi connectivity index (χ2n) is 9.07. The van der Waals surface area contributed by atoms with Gasteiger partial charge < -0.3 is 26.3 Å². The monoisotopic (exact) mass is 538 g/mol. The van der Waals surface area contributed by atoms with Crippen molar-refractivity contribution >= 4 is 51.6 Å². The SMILES string of the molecule is C[n+]1cccc(N2CC/C(=C\C3=C(C(=O)O)N4C(=O)[C@@H](NC(=O)/C(=N\O)c5csc(N)n5)[C@H]4CC3)C2=O)c1. The van der Waals surface area contributed by atoms with Gasteiger partial charge in [-0.1, -0.05) is 5.16 Å². The molecule has 38 heavy (non-hydrogen) atoms. The summed E-state index contributed by atoms with van der Waals surface area (Å²) in [6, 6.07) is 2.07. The molecule has 2 aromatic rings. The van der Waals surface area contributed by atoms with Gasteiger partial charge in [0.15, 0.2) is 23.2 Å². The topological polar surface area (TPSA) is 182 Å². The first-order valence-electron chi connectivity index (χ1n) is 11.7. The molecule has 2 fully saturated rings. The molecule has 0 aromatic carbocycles. The Morgan fingerprint density at radius 3 is 2.79 bits per heavy atom. The first-order valence-corrected chi connectivity index (χ1v) is 12.6. The van der Waals surface area contributed by atoms with E-state index in [4.69, 9.17) is 5.73 Å². The third kappa shape index (κ3) is 4.28. The highest BCUT2D eigenvalue weighted by Crippen LogP contribution is 2.38. The van der Waals surface area contributed by atoms with Crippen LogP contribution in [0.3, 0.4) is 0 Å². The van der Waals surface area contributed by atoms with Crippen molar-refractivity contribution in [2.24, 2.45) is 12.2 Å². The van der Waals surface area contributed by atoms with Crippen LogP contribution in [0.5, 0.6) is 0 Å². The Morgan fingerprint density at radius 2 is 2.13 bits per heavy atom. The number of hydrogen-bond acceptors (Lipinski definition) is 9. The second kappa shape index (κ2) is 9.70. The average Bonchev–Trinajstić information content (AvgIpc) is 3.47. The van der Waals surface area contributed by atoms with Gasteiger partial charge in [-0.2, -0.15) is 0 Å². The molecular weight excluding hydrogens is 514 g/mol. The molecule has 13 nitrogen and oxygen atoms in total. The van der Waals surface area contributed by atoms with E-state index in [0.717, 1.165) is 21.9 Å². The number of nitrogens with two attached hydrogens (primary N) is 1. The molecule has 5 rings (SSSR count). The van der Waals surface area contributed by atoms with Crippen LogP contribution in [0.1, 0.15) is 25.0 Å². The van der Waals surface area contributed by atoms with Gasteiger partial charge in [-0.05, 0) is 37.0 Å². The summed E-state index contributed by atoms with van der Waals surface area (Å²) in [6.07, 6.45) is 6.37. The van der Waals surface area contributed by atoms with Crippen LogP contribution in [0, 0.1) is 0 Å². The van der Waals surface area contributed by atoms with Crippen molar-refractivity contribution in [1.82, 2.24) is 15.2 Å². The van der Waals surface area contributed by atoms with Crippen molar-refractivity contribution in [2.45, 2.75) is 31.3 Å². The van der Waals surface area contributed by atoms with Crippen molar-refractivity contribution in [3.63, 3.8) is 0 Å².